The molecule has 0 aromatic carbocycles. The maximum absolute atomic E-state index is 12.0. The SMILES string of the molecule is CCCCCCCCC=CCCCCCCCCCCCCCC(=O)OCCCCCCCCCCCCCCCCCCCCCC(C)C. The van der Waals surface area contributed by atoms with Crippen molar-refractivity contribution in [3.63, 3.8) is 0 Å². The molecule has 0 aromatic heterocycles. The van der Waals surface area contributed by atoms with Gasteiger partial charge in [0.25, 0.3) is 0 Å². The van der Waals surface area contributed by atoms with Crippen molar-refractivity contribution in [2.24, 2.45) is 5.92 Å². The van der Waals surface area contributed by atoms with Crippen molar-refractivity contribution < 1.29 is 9.53 Å². The third-order valence-electron chi connectivity index (χ3n) is 10.8. The summed E-state index contributed by atoms with van der Waals surface area (Å²) in [7, 11) is 0. The number of allylic oxidation sites excluding steroid dienone is 2. The number of unbranched alkanes of at least 4 members (excludes halogenated alkanes) is 35. The van der Waals surface area contributed by atoms with Crippen LogP contribution in [0.4, 0.5) is 0 Å². The zero-order valence-electron chi connectivity index (χ0n) is 35.0. The van der Waals surface area contributed by atoms with E-state index in [1.165, 1.54) is 238 Å². The Morgan fingerprint density at radius 2 is 0.700 bits per heavy atom. The molecule has 0 fully saturated rings. The molecular formula is C48H94O2. The molecule has 0 aliphatic heterocycles. The van der Waals surface area contributed by atoms with Crippen LogP contribution < -0.4 is 0 Å². The van der Waals surface area contributed by atoms with E-state index in [-0.39, 0.29) is 5.97 Å². The van der Waals surface area contributed by atoms with Crippen LogP contribution in [0.3, 0.4) is 0 Å². The van der Waals surface area contributed by atoms with Crippen molar-refractivity contribution in [2.45, 2.75) is 278 Å². The molecule has 0 N–H and O–H groups in total. The molecule has 298 valence electrons. The Morgan fingerprint density at radius 1 is 0.400 bits per heavy atom. The molecule has 0 radical (unpaired) electrons. The van der Waals surface area contributed by atoms with Gasteiger partial charge in [0.2, 0.25) is 0 Å². The van der Waals surface area contributed by atoms with E-state index in [0.717, 1.165) is 18.8 Å². The molecule has 0 saturated heterocycles. The van der Waals surface area contributed by atoms with E-state index in [1.807, 2.05) is 0 Å². The van der Waals surface area contributed by atoms with E-state index in [0.29, 0.717) is 13.0 Å². The van der Waals surface area contributed by atoms with Crippen molar-refractivity contribution in [1.82, 2.24) is 0 Å². The summed E-state index contributed by atoms with van der Waals surface area (Å²) in [6.45, 7) is 7.61. The minimum Gasteiger partial charge on any atom is -0.466 e. The van der Waals surface area contributed by atoms with Gasteiger partial charge in [0.1, 0.15) is 0 Å². The van der Waals surface area contributed by atoms with Crippen molar-refractivity contribution in [3.05, 3.63) is 12.2 Å². The number of ether oxygens (including phenoxy) is 1. The first-order chi connectivity index (χ1) is 24.7. The van der Waals surface area contributed by atoms with Crippen LogP contribution in [0.1, 0.15) is 278 Å². The second-order valence-corrected chi connectivity index (χ2v) is 16.6. The van der Waals surface area contributed by atoms with E-state index in [2.05, 4.69) is 32.9 Å². The molecular weight excluding hydrogens is 609 g/mol. The van der Waals surface area contributed by atoms with Gasteiger partial charge in [0.15, 0.2) is 0 Å². The summed E-state index contributed by atoms with van der Waals surface area (Å²) in [6.07, 6.45) is 59.0. The largest absolute Gasteiger partial charge is 0.466 e. The van der Waals surface area contributed by atoms with Gasteiger partial charge in [-0.25, -0.2) is 0 Å². The summed E-state index contributed by atoms with van der Waals surface area (Å²) in [4.78, 5) is 12.0. The zero-order chi connectivity index (χ0) is 36.3. The first kappa shape index (κ1) is 49.2. The first-order valence-corrected chi connectivity index (χ1v) is 23.5. The average molecular weight is 703 g/mol. The number of carbonyl (C=O) groups excluding carboxylic acids is 1. The number of carbonyl (C=O) groups is 1. The van der Waals surface area contributed by atoms with Gasteiger partial charge in [-0.1, -0.05) is 245 Å². The Morgan fingerprint density at radius 3 is 1.06 bits per heavy atom. The molecule has 0 bridgehead atoms. The Hall–Kier alpha value is -0.790. The van der Waals surface area contributed by atoms with E-state index < -0.39 is 0 Å². The summed E-state index contributed by atoms with van der Waals surface area (Å²) in [6, 6.07) is 0. The van der Waals surface area contributed by atoms with Crippen LogP contribution in [0.5, 0.6) is 0 Å². The van der Waals surface area contributed by atoms with Crippen LogP contribution in [-0.2, 0) is 9.53 Å². The maximum Gasteiger partial charge on any atom is 0.305 e. The van der Waals surface area contributed by atoms with Gasteiger partial charge in [-0.15, -0.1) is 0 Å². The Bertz CT molecular complexity index is 653. The molecule has 0 amide bonds. The lowest BCUT2D eigenvalue weighted by atomic mass is 10.0. The summed E-state index contributed by atoms with van der Waals surface area (Å²) >= 11 is 0. The highest BCUT2D eigenvalue weighted by Crippen LogP contribution is 2.17. The van der Waals surface area contributed by atoms with Crippen molar-refractivity contribution in [2.75, 3.05) is 6.61 Å². The van der Waals surface area contributed by atoms with Gasteiger partial charge in [0, 0.05) is 6.42 Å². The third-order valence-corrected chi connectivity index (χ3v) is 10.8. The van der Waals surface area contributed by atoms with Crippen molar-refractivity contribution >= 4 is 5.97 Å². The smallest absolute Gasteiger partial charge is 0.305 e. The second-order valence-electron chi connectivity index (χ2n) is 16.6. The van der Waals surface area contributed by atoms with Gasteiger partial charge in [-0.3, -0.25) is 4.79 Å². The van der Waals surface area contributed by atoms with Gasteiger partial charge in [-0.05, 0) is 44.4 Å². The summed E-state index contributed by atoms with van der Waals surface area (Å²) in [5.41, 5.74) is 0. The van der Waals surface area contributed by atoms with Gasteiger partial charge in [0.05, 0.1) is 6.61 Å². The van der Waals surface area contributed by atoms with Crippen LogP contribution >= 0.6 is 0 Å². The molecule has 0 atom stereocenters. The van der Waals surface area contributed by atoms with E-state index in [1.54, 1.807) is 0 Å². The molecule has 0 aliphatic rings. The summed E-state index contributed by atoms with van der Waals surface area (Å²) < 4.78 is 5.49. The predicted molar refractivity (Wildman–Crippen MR) is 225 cm³/mol. The predicted octanol–water partition coefficient (Wildman–Crippen LogP) is 17.4. The Balaban J connectivity index is 3.17. The van der Waals surface area contributed by atoms with Gasteiger partial charge >= 0.3 is 5.97 Å². The molecule has 50 heavy (non-hydrogen) atoms. The molecule has 0 heterocycles. The quantitative estimate of drug-likeness (QED) is 0.0359. The van der Waals surface area contributed by atoms with E-state index in [9.17, 15) is 4.79 Å². The normalized spacial score (nSPS) is 11.8. The highest BCUT2D eigenvalue weighted by atomic mass is 16.5. The van der Waals surface area contributed by atoms with Crippen LogP contribution in [-0.4, -0.2) is 12.6 Å². The molecule has 0 rings (SSSR count). The van der Waals surface area contributed by atoms with Crippen LogP contribution in [0, 0.1) is 5.92 Å². The highest BCUT2D eigenvalue weighted by Gasteiger charge is 2.03. The van der Waals surface area contributed by atoms with Gasteiger partial charge in [-0.2, -0.15) is 0 Å². The number of esters is 1. The Kier molecular flexibility index (Phi) is 43.7. The number of hydrogen-bond acceptors (Lipinski definition) is 2. The fourth-order valence-electron chi connectivity index (χ4n) is 7.32. The second kappa shape index (κ2) is 44.4. The maximum atomic E-state index is 12.0. The molecule has 0 saturated carbocycles. The van der Waals surface area contributed by atoms with Gasteiger partial charge < -0.3 is 4.74 Å². The molecule has 0 aromatic rings. The van der Waals surface area contributed by atoms with Crippen molar-refractivity contribution in [1.29, 1.82) is 0 Å². The van der Waals surface area contributed by atoms with Crippen molar-refractivity contribution in [3.8, 4) is 0 Å². The summed E-state index contributed by atoms with van der Waals surface area (Å²) in [5, 5.41) is 0. The highest BCUT2D eigenvalue weighted by molar-refractivity contribution is 5.69. The molecule has 2 heteroatoms. The topological polar surface area (TPSA) is 26.3 Å². The molecule has 0 aliphatic carbocycles. The lowest BCUT2D eigenvalue weighted by molar-refractivity contribution is -0.143. The monoisotopic (exact) mass is 703 g/mol. The average Bonchev–Trinajstić information content (AvgIpc) is 3.11. The van der Waals surface area contributed by atoms with E-state index in [4.69, 9.17) is 4.74 Å². The zero-order valence-corrected chi connectivity index (χ0v) is 35.0. The van der Waals surface area contributed by atoms with Crippen LogP contribution in [0.25, 0.3) is 0 Å². The molecule has 2 nitrogen and oxygen atoms in total. The standard InChI is InChI=1S/C48H94O2/c1-4-5-6-7-8-9-10-11-12-13-14-15-18-21-24-27-30-33-36-39-42-45-48(49)50-46-43-40-37-34-31-28-25-22-19-16-17-20-23-26-29-32-35-38-41-44-47(2)3/h11-12,47H,4-10,13-46H2,1-3H3. The third kappa shape index (κ3) is 45.2. The fraction of sp³-hybridized carbons (Fsp3) is 0.938. The minimum atomic E-state index is 0.0289. The molecule has 0 spiro atoms. The van der Waals surface area contributed by atoms with E-state index >= 15 is 0 Å². The van der Waals surface area contributed by atoms with Crippen LogP contribution in [0.2, 0.25) is 0 Å². The van der Waals surface area contributed by atoms with Crippen LogP contribution in [0.15, 0.2) is 12.2 Å². The summed E-state index contributed by atoms with van der Waals surface area (Å²) in [5.74, 6) is 0.911. The Labute approximate surface area is 316 Å². The lowest BCUT2D eigenvalue weighted by Gasteiger charge is -2.06. The lowest BCUT2D eigenvalue weighted by Crippen LogP contribution is -2.05. The number of rotatable bonds is 43. The number of hydrogen-bond donors (Lipinski definition) is 0. The minimum absolute atomic E-state index is 0.0289. The molecule has 0 unspecified atom stereocenters. The first-order valence-electron chi connectivity index (χ1n) is 23.5. The fourth-order valence-corrected chi connectivity index (χ4v) is 7.32.